The molecule has 36 heavy (non-hydrogen) atoms. The molecule has 0 unspecified atom stereocenters. The van der Waals surface area contributed by atoms with Gasteiger partial charge >= 0.3 is 0 Å². The first-order valence-electron chi connectivity index (χ1n) is 11.7. The van der Waals surface area contributed by atoms with Crippen molar-refractivity contribution in [2.75, 3.05) is 53.5 Å². The summed E-state index contributed by atoms with van der Waals surface area (Å²) in [6.45, 7) is 4.10. The average molecular weight is 515 g/mol. The highest BCUT2D eigenvalue weighted by Crippen LogP contribution is 2.39. The van der Waals surface area contributed by atoms with Crippen LogP contribution in [0.1, 0.15) is 23.6 Å². The lowest BCUT2D eigenvalue weighted by Gasteiger charge is -2.29. The minimum absolute atomic E-state index is 0.0270. The van der Waals surface area contributed by atoms with Crippen LogP contribution in [0.2, 0.25) is 0 Å². The van der Waals surface area contributed by atoms with E-state index in [9.17, 15) is 23.1 Å². The van der Waals surface area contributed by atoms with Gasteiger partial charge in [0.2, 0.25) is 10.0 Å². The molecule has 2 aliphatic heterocycles. The van der Waals surface area contributed by atoms with Gasteiger partial charge in [-0.25, -0.2) is 12.7 Å². The molecule has 0 radical (unpaired) electrons. The Bertz CT molecular complexity index is 1240. The van der Waals surface area contributed by atoms with Gasteiger partial charge in [-0.1, -0.05) is 0 Å². The van der Waals surface area contributed by atoms with E-state index >= 15 is 0 Å². The minimum atomic E-state index is -3.65. The number of carbonyl (C=O) groups excluding carboxylic acids is 2. The largest absolute Gasteiger partial charge is 0.507 e. The van der Waals surface area contributed by atoms with E-state index < -0.39 is 27.8 Å². The molecule has 1 N–H and O–H groups in total. The van der Waals surface area contributed by atoms with Crippen LogP contribution in [0.15, 0.2) is 59.3 Å². The van der Waals surface area contributed by atoms with E-state index in [0.717, 1.165) is 23.9 Å². The number of hydrogen-bond acceptors (Lipinski definition) is 8. The van der Waals surface area contributed by atoms with Gasteiger partial charge in [-0.15, -0.1) is 0 Å². The summed E-state index contributed by atoms with van der Waals surface area (Å²) in [5.74, 6) is -1.79. The zero-order valence-electron chi connectivity index (χ0n) is 20.3. The summed E-state index contributed by atoms with van der Waals surface area (Å²) in [4.78, 5) is 34.1. The molecule has 2 fully saturated rings. The molecule has 0 saturated carbocycles. The first kappa shape index (κ1) is 26.0. The molecule has 0 bridgehead atoms. The Morgan fingerprint density at radius 3 is 2.31 bits per heavy atom. The number of carbonyl (C=O) groups is 2. The summed E-state index contributed by atoms with van der Waals surface area (Å²) in [7, 11) is -0.794. The molecule has 4 rings (SSSR count). The molecule has 2 saturated heterocycles. The Balaban J connectivity index is 1.66. The van der Waals surface area contributed by atoms with E-state index in [1.807, 2.05) is 0 Å². The fraction of sp³-hybridized carbons (Fsp3) is 0.400. The third kappa shape index (κ3) is 5.19. The molecule has 0 spiro atoms. The van der Waals surface area contributed by atoms with Gasteiger partial charge in [0.1, 0.15) is 5.76 Å². The summed E-state index contributed by atoms with van der Waals surface area (Å²) >= 11 is 0. The topological polar surface area (TPSA) is 120 Å². The van der Waals surface area contributed by atoms with E-state index in [2.05, 4.69) is 9.88 Å². The quantitative estimate of drug-likeness (QED) is 0.320. The van der Waals surface area contributed by atoms with Crippen molar-refractivity contribution in [1.29, 1.82) is 0 Å². The van der Waals surface area contributed by atoms with Gasteiger partial charge in [-0.2, -0.15) is 0 Å². The molecule has 1 aromatic carbocycles. The van der Waals surface area contributed by atoms with E-state index in [4.69, 9.17) is 4.74 Å². The molecule has 11 heteroatoms. The molecule has 0 aliphatic carbocycles. The number of morpholine rings is 1. The number of Topliss-reactive ketones (excluding diaryl/α,β-unsaturated/α-hetero) is 1. The highest BCUT2D eigenvalue weighted by molar-refractivity contribution is 7.89. The number of aromatic nitrogens is 1. The Labute approximate surface area is 210 Å². The summed E-state index contributed by atoms with van der Waals surface area (Å²) < 4.78 is 31.2. The Morgan fingerprint density at radius 1 is 1.06 bits per heavy atom. The fourth-order valence-electron chi connectivity index (χ4n) is 4.44. The van der Waals surface area contributed by atoms with Gasteiger partial charge in [0, 0.05) is 58.2 Å². The minimum Gasteiger partial charge on any atom is -0.507 e. The second-order valence-corrected chi connectivity index (χ2v) is 11.0. The van der Waals surface area contributed by atoms with Crippen molar-refractivity contribution in [2.45, 2.75) is 17.4 Å². The van der Waals surface area contributed by atoms with Crippen molar-refractivity contribution >= 4 is 27.5 Å². The van der Waals surface area contributed by atoms with Crippen LogP contribution in [0.25, 0.3) is 5.76 Å². The Hall–Kier alpha value is -3.12. The van der Waals surface area contributed by atoms with Crippen LogP contribution in [0.3, 0.4) is 0 Å². The van der Waals surface area contributed by atoms with Crippen molar-refractivity contribution in [2.24, 2.45) is 0 Å². The first-order chi connectivity index (χ1) is 17.2. The number of nitrogens with zero attached hydrogens (tertiary/aromatic N) is 4. The maximum atomic E-state index is 13.1. The third-order valence-corrected chi connectivity index (χ3v) is 8.27. The highest BCUT2D eigenvalue weighted by atomic mass is 32.2. The third-order valence-electron chi connectivity index (χ3n) is 6.45. The van der Waals surface area contributed by atoms with E-state index in [0.29, 0.717) is 31.7 Å². The number of hydrogen-bond donors (Lipinski definition) is 1. The number of pyridine rings is 1. The summed E-state index contributed by atoms with van der Waals surface area (Å²) in [5.41, 5.74) is 0.878. The molecule has 2 aliphatic rings. The standard InChI is InChI=1S/C25H30N4O6S/c1-27(2)36(33,34)20-6-4-19(5-7-20)23(30)21-22(18-8-10-26-11-9-18)29(25(32)24(21)31)13-3-12-28-14-16-35-17-15-28/h4-11,22,30H,3,12-17H2,1-2H3/t22-/m0/s1. The molecule has 1 amide bonds. The number of ether oxygens (including phenoxy) is 1. The van der Waals surface area contributed by atoms with Gasteiger partial charge in [-0.3, -0.25) is 19.5 Å². The van der Waals surface area contributed by atoms with Gasteiger partial charge in [0.15, 0.2) is 0 Å². The Morgan fingerprint density at radius 2 is 1.69 bits per heavy atom. The predicted molar refractivity (Wildman–Crippen MR) is 132 cm³/mol. The number of rotatable bonds is 8. The predicted octanol–water partition coefficient (Wildman–Crippen LogP) is 1.48. The summed E-state index contributed by atoms with van der Waals surface area (Å²) in [5, 5.41) is 11.2. The maximum Gasteiger partial charge on any atom is 0.295 e. The van der Waals surface area contributed by atoms with E-state index in [1.54, 1.807) is 24.5 Å². The molecule has 1 atom stereocenters. The van der Waals surface area contributed by atoms with Crippen molar-refractivity contribution in [3.8, 4) is 0 Å². The van der Waals surface area contributed by atoms with Crippen LogP contribution in [-0.2, 0) is 24.3 Å². The second kappa shape index (κ2) is 10.9. The zero-order chi connectivity index (χ0) is 25.9. The van der Waals surface area contributed by atoms with Crippen molar-refractivity contribution < 1.29 is 27.9 Å². The summed E-state index contributed by atoms with van der Waals surface area (Å²) in [6, 6.07) is 8.25. The number of aliphatic hydroxyl groups is 1. The summed E-state index contributed by atoms with van der Waals surface area (Å²) in [6.07, 6.45) is 3.81. The van der Waals surface area contributed by atoms with Gasteiger partial charge < -0.3 is 14.7 Å². The van der Waals surface area contributed by atoms with Crippen LogP contribution in [0.5, 0.6) is 0 Å². The fourth-order valence-corrected chi connectivity index (χ4v) is 5.35. The average Bonchev–Trinajstić information content (AvgIpc) is 3.14. The number of likely N-dealkylation sites (tertiary alicyclic amines) is 1. The molecular formula is C25H30N4O6S. The van der Waals surface area contributed by atoms with E-state index in [1.165, 1.54) is 43.3 Å². The SMILES string of the molecule is CN(C)S(=O)(=O)c1ccc(C(O)=C2C(=O)C(=O)N(CCCN3CCOCC3)[C@H]2c2ccncc2)cc1. The van der Waals surface area contributed by atoms with Gasteiger partial charge in [0.25, 0.3) is 11.7 Å². The van der Waals surface area contributed by atoms with Crippen LogP contribution >= 0.6 is 0 Å². The molecule has 10 nitrogen and oxygen atoms in total. The lowest BCUT2D eigenvalue weighted by molar-refractivity contribution is -0.140. The van der Waals surface area contributed by atoms with Crippen molar-refractivity contribution in [3.63, 3.8) is 0 Å². The molecule has 1 aromatic heterocycles. The lowest BCUT2D eigenvalue weighted by atomic mass is 9.96. The van der Waals surface area contributed by atoms with Crippen molar-refractivity contribution in [1.82, 2.24) is 19.1 Å². The van der Waals surface area contributed by atoms with Crippen LogP contribution < -0.4 is 0 Å². The number of amides is 1. The first-order valence-corrected chi connectivity index (χ1v) is 13.2. The van der Waals surface area contributed by atoms with Crippen LogP contribution in [-0.4, -0.2) is 97.8 Å². The highest BCUT2D eigenvalue weighted by Gasteiger charge is 2.45. The number of benzene rings is 1. The number of sulfonamides is 1. The van der Waals surface area contributed by atoms with Crippen LogP contribution in [0.4, 0.5) is 0 Å². The Kier molecular flexibility index (Phi) is 7.84. The normalized spacial score (nSPS) is 20.9. The van der Waals surface area contributed by atoms with Gasteiger partial charge in [-0.05, 0) is 48.4 Å². The van der Waals surface area contributed by atoms with Gasteiger partial charge in [0.05, 0.1) is 29.7 Å². The number of ketones is 1. The maximum absolute atomic E-state index is 13.1. The zero-order valence-corrected chi connectivity index (χ0v) is 21.1. The molecule has 3 heterocycles. The van der Waals surface area contributed by atoms with Crippen molar-refractivity contribution in [3.05, 3.63) is 65.5 Å². The second-order valence-electron chi connectivity index (χ2n) is 8.89. The monoisotopic (exact) mass is 514 g/mol. The van der Waals surface area contributed by atoms with E-state index in [-0.39, 0.29) is 21.8 Å². The smallest absolute Gasteiger partial charge is 0.295 e. The molecular weight excluding hydrogens is 484 g/mol. The van der Waals surface area contributed by atoms with Crippen LogP contribution in [0, 0.1) is 0 Å². The molecule has 192 valence electrons. The lowest BCUT2D eigenvalue weighted by Crippen LogP contribution is -2.38. The number of aliphatic hydroxyl groups excluding tert-OH is 1. The molecule has 2 aromatic rings.